The molecular weight excluding hydrogens is 316 g/mol. The second-order valence-corrected chi connectivity index (χ2v) is 7.17. The van der Waals surface area contributed by atoms with Crippen LogP contribution in [0.2, 0.25) is 0 Å². The molecule has 4 nitrogen and oxygen atoms in total. The van der Waals surface area contributed by atoms with E-state index in [4.69, 9.17) is 0 Å². The summed E-state index contributed by atoms with van der Waals surface area (Å²) in [7, 11) is 0. The molecule has 1 aromatic carbocycles. The van der Waals surface area contributed by atoms with Crippen molar-refractivity contribution in [2.24, 2.45) is 4.99 Å². The first kappa shape index (κ1) is 16.8. The fraction of sp³-hybridized carbons (Fsp3) is 0.421. The zero-order valence-electron chi connectivity index (χ0n) is 14.0. The number of rotatable bonds is 6. The van der Waals surface area contributed by atoms with Crippen molar-refractivity contribution in [3.05, 3.63) is 52.0 Å². The van der Waals surface area contributed by atoms with Gasteiger partial charge in [-0.15, -0.1) is 11.3 Å². The van der Waals surface area contributed by atoms with Crippen LogP contribution in [0.1, 0.15) is 41.1 Å². The largest absolute Gasteiger partial charge is 0.327 e. The molecule has 2 heterocycles. The molecule has 0 unspecified atom stereocenters. The van der Waals surface area contributed by atoms with Crippen LogP contribution in [0.4, 0.5) is 0 Å². The molecule has 1 N–H and O–H groups in total. The van der Waals surface area contributed by atoms with Crippen molar-refractivity contribution in [1.82, 2.24) is 4.98 Å². The monoisotopic (exact) mass is 339 g/mol. The number of benzene rings is 1. The quantitative estimate of drug-likeness (QED) is 0.822. The molecule has 2 atom stereocenters. The average molecular weight is 339 g/mol. The highest BCUT2D eigenvalue weighted by molar-refractivity contribution is 7.09. The van der Waals surface area contributed by atoms with Crippen LogP contribution in [-0.4, -0.2) is 30.8 Å². The van der Waals surface area contributed by atoms with Gasteiger partial charge in [0.15, 0.2) is 0 Å². The first-order valence-corrected chi connectivity index (χ1v) is 9.37. The van der Waals surface area contributed by atoms with Crippen LogP contribution in [0.15, 0.2) is 40.7 Å². The highest BCUT2D eigenvalue weighted by atomic mass is 32.1. The second kappa shape index (κ2) is 8.18. The van der Waals surface area contributed by atoms with E-state index in [0.717, 1.165) is 17.2 Å². The number of hydrogen-bond acceptors (Lipinski definition) is 4. The smallest absolute Gasteiger partial charge is 0.133 e. The van der Waals surface area contributed by atoms with Gasteiger partial charge >= 0.3 is 0 Å². The number of aromatic nitrogens is 1. The number of likely N-dealkylation sites (tertiary alicyclic amines) is 1. The fourth-order valence-corrected chi connectivity index (χ4v) is 4.07. The maximum Gasteiger partial charge on any atom is 0.133 e. The van der Waals surface area contributed by atoms with E-state index in [9.17, 15) is 5.26 Å². The van der Waals surface area contributed by atoms with Crippen LogP contribution in [0, 0.1) is 18.3 Å². The Morgan fingerprint density at radius 3 is 2.71 bits per heavy atom. The van der Waals surface area contributed by atoms with Gasteiger partial charge in [-0.2, -0.15) is 5.26 Å². The number of hydrogen-bond donors (Lipinski definition) is 1. The van der Waals surface area contributed by atoms with Crippen molar-refractivity contribution in [3.63, 3.8) is 0 Å². The molecule has 1 aliphatic heterocycles. The molecule has 2 aromatic rings. The van der Waals surface area contributed by atoms with Gasteiger partial charge in [-0.1, -0.05) is 30.3 Å². The van der Waals surface area contributed by atoms with Crippen molar-refractivity contribution >= 4 is 17.6 Å². The summed E-state index contributed by atoms with van der Waals surface area (Å²) in [4.78, 5) is 10.7. The molecule has 0 amide bonds. The molecule has 24 heavy (non-hydrogen) atoms. The van der Waals surface area contributed by atoms with E-state index in [1.807, 2.05) is 12.3 Å². The Hall–Kier alpha value is -2.03. The maximum absolute atomic E-state index is 9.40. The summed E-state index contributed by atoms with van der Waals surface area (Å²) in [6.07, 6.45) is 4.37. The molecule has 0 radical (unpaired) electrons. The minimum atomic E-state index is -0.339. The SMILES string of the molecule is Cc1csc([C@H](C#N)C=NC[C@@H](c2ccccc2)[NH+]2CCCC2)n1. The molecule has 0 aliphatic carbocycles. The van der Waals surface area contributed by atoms with E-state index < -0.39 is 0 Å². The normalized spacial score (nSPS) is 17.8. The fourth-order valence-electron chi connectivity index (χ4n) is 3.27. The van der Waals surface area contributed by atoms with Gasteiger partial charge in [-0.3, -0.25) is 4.99 Å². The lowest BCUT2D eigenvalue weighted by molar-refractivity contribution is -0.918. The van der Waals surface area contributed by atoms with E-state index in [1.54, 1.807) is 11.1 Å². The predicted molar refractivity (Wildman–Crippen MR) is 97.7 cm³/mol. The molecule has 1 saturated heterocycles. The standard InChI is InChI=1S/C19H22N4S/c1-15-14-24-19(22-15)17(11-20)12-21-13-18(23-9-5-6-10-23)16-7-3-2-4-8-16/h2-4,7-8,12,14,17-18H,5-6,9-10,13H2,1H3/p+1/t17-,18+/m1/s1. The van der Waals surface area contributed by atoms with Crippen LogP contribution in [0.25, 0.3) is 0 Å². The minimum absolute atomic E-state index is 0.339. The Bertz CT molecular complexity index is 710. The van der Waals surface area contributed by atoms with Crippen molar-refractivity contribution < 1.29 is 4.90 Å². The number of nitriles is 1. The van der Waals surface area contributed by atoms with Gasteiger partial charge < -0.3 is 4.90 Å². The number of quaternary nitrogens is 1. The van der Waals surface area contributed by atoms with Gasteiger partial charge in [0.05, 0.1) is 25.7 Å². The summed E-state index contributed by atoms with van der Waals surface area (Å²) in [5.74, 6) is -0.339. The van der Waals surface area contributed by atoms with Gasteiger partial charge in [0.25, 0.3) is 0 Å². The third kappa shape index (κ3) is 4.08. The summed E-state index contributed by atoms with van der Waals surface area (Å²) < 4.78 is 0. The van der Waals surface area contributed by atoms with E-state index in [2.05, 4.69) is 46.4 Å². The summed E-state index contributed by atoms with van der Waals surface area (Å²) in [5.41, 5.74) is 2.30. The second-order valence-electron chi connectivity index (χ2n) is 6.28. The van der Waals surface area contributed by atoms with Gasteiger partial charge in [0, 0.05) is 35.7 Å². The first-order valence-electron chi connectivity index (χ1n) is 8.49. The van der Waals surface area contributed by atoms with E-state index >= 15 is 0 Å². The molecule has 1 aliphatic rings. The number of aliphatic imine (C=N–C) groups is 1. The molecule has 5 heteroatoms. The lowest BCUT2D eigenvalue weighted by Gasteiger charge is -2.23. The van der Waals surface area contributed by atoms with E-state index in [-0.39, 0.29) is 5.92 Å². The van der Waals surface area contributed by atoms with Crippen LogP contribution in [0.5, 0.6) is 0 Å². The molecular formula is C19H23N4S+. The zero-order valence-corrected chi connectivity index (χ0v) is 14.8. The Balaban J connectivity index is 1.72. The lowest BCUT2D eigenvalue weighted by Crippen LogP contribution is -3.10. The Labute approximate surface area is 147 Å². The predicted octanol–water partition coefficient (Wildman–Crippen LogP) is 2.55. The Kier molecular flexibility index (Phi) is 5.73. The highest BCUT2D eigenvalue weighted by Gasteiger charge is 2.26. The topological polar surface area (TPSA) is 53.5 Å². The molecule has 0 saturated carbocycles. The van der Waals surface area contributed by atoms with Crippen molar-refractivity contribution in [2.75, 3.05) is 19.6 Å². The third-order valence-corrected chi connectivity index (χ3v) is 5.57. The lowest BCUT2D eigenvalue weighted by atomic mass is 10.1. The molecule has 0 bridgehead atoms. The molecule has 1 fully saturated rings. The zero-order chi connectivity index (χ0) is 16.8. The number of thiazole rings is 1. The number of nitrogens with zero attached hydrogens (tertiary/aromatic N) is 3. The summed E-state index contributed by atoms with van der Waals surface area (Å²) in [6, 6.07) is 13.3. The van der Waals surface area contributed by atoms with Gasteiger partial charge in [0.2, 0.25) is 0 Å². The van der Waals surface area contributed by atoms with Gasteiger partial charge in [0.1, 0.15) is 17.0 Å². The number of aryl methyl sites for hydroxylation is 1. The van der Waals surface area contributed by atoms with E-state index in [1.165, 1.54) is 42.8 Å². The molecule has 124 valence electrons. The van der Waals surface area contributed by atoms with Crippen LogP contribution in [0.3, 0.4) is 0 Å². The van der Waals surface area contributed by atoms with Crippen LogP contribution < -0.4 is 4.90 Å². The summed E-state index contributed by atoms with van der Waals surface area (Å²) in [5, 5.41) is 12.2. The van der Waals surface area contributed by atoms with Crippen molar-refractivity contribution in [2.45, 2.75) is 31.7 Å². The maximum atomic E-state index is 9.40. The van der Waals surface area contributed by atoms with Crippen molar-refractivity contribution in [1.29, 1.82) is 5.26 Å². The van der Waals surface area contributed by atoms with Crippen molar-refractivity contribution in [3.8, 4) is 6.07 Å². The molecule has 0 spiro atoms. The summed E-state index contributed by atoms with van der Waals surface area (Å²) >= 11 is 1.53. The average Bonchev–Trinajstić information content (AvgIpc) is 3.28. The Morgan fingerprint density at radius 2 is 2.08 bits per heavy atom. The first-order chi connectivity index (χ1) is 11.8. The van der Waals surface area contributed by atoms with Crippen LogP contribution in [-0.2, 0) is 0 Å². The molecule has 1 aromatic heterocycles. The highest BCUT2D eigenvalue weighted by Crippen LogP contribution is 2.18. The van der Waals surface area contributed by atoms with Gasteiger partial charge in [-0.25, -0.2) is 4.98 Å². The minimum Gasteiger partial charge on any atom is -0.327 e. The van der Waals surface area contributed by atoms with E-state index in [0.29, 0.717) is 6.04 Å². The summed E-state index contributed by atoms with van der Waals surface area (Å²) in [6.45, 7) is 5.10. The van der Waals surface area contributed by atoms with Crippen LogP contribution >= 0.6 is 11.3 Å². The van der Waals surface area contributed by atoms with Gasteiger partial charge in [-0.05, 0) is 6.92 Å². The number of nitrogens with one attached hydrogen (secondary N) is 1. The Morgan fingerprint density at radius 1 is 1.33 bits per heavy atom. The molecule has 3 rings (SSSR count). The third-order valence-electron chi connectivity index (χ3n) is 4.52.